The van der Waals surface area contributed by atoms with Crippen LogP contribution in [-0.2, 0) is 4.74 Å². The van der Waals surface area contributed by atoms with Crippen LogP contribution < -0.4 is 5.32 Å². The van der Waals surface area contributed by atoms with Crippen LogP contribution >= 0.6 is 34.5 Å². The molecule has 2 aromatic heterocycles. The van der Waals surface area contributed by atoms with Crippen molar-refractivity contribution < 1.29 is 14.3 Å². The van der Waals surface area contributed by atoms with Gasteiger partial charge in [-0.25, -0.2) is 14.8 Å². The number of halogens is 2. The molecule has 0 aliphatic heterocycles. The van der Waals surface area contributed by atoms with Gasteiger partial charge in [0.25, 0.3) is 5.91 Å². The Labute approximate surface area is 169 Å². The number of benzene rings is 1. The van der Waals surface area contributed by atoms with Gasteiger partial charge in [-0.1, -0.05) is 64.9 Å². The van der Waals surface area contributed by atoms with Gasteiger partial charge < -0.3 is 4.74 Å². The van der Waals surface area contributed by atoms with Crippen molar-refractivity contribution in [3.05, 3.63) is 63.2 Å². The number of rotatable bonds is 5. The highest BCUT2D eigenvalue weighted by molar-refractivity contribution is 7.18. The molecule has 27 heavy (non-hydrogen) atoms. The molecule has 0 saturated heterocycles. The maximum Gasteiger partial charge on any atom is 0.350 e. The van der Waals surface area contributed by atoms with Crippen molar-refractivity contribution in [3.8, 4) is 11.3 Å². The van der Waals surface area contributed by atoms with Gasteiger partial charge in [-0.3, -0.25) is 10.1 Å². The predicted molar refractivity (Wildman–Crippen MR) is 106 cm³/mol. The van der Waals surface area contributed by atoms with E-state index in [1.165, 1.54) is 12.3 Å². The summed E-state index contributed by atoms with van der Waals surface area (Å²) in [6.07, 6.45) is 1.31. The smallest absolute Gasteiger partial charge is 0.350 e. The summed E-state index contributed by atoms with van der Waals surface area (Å²) >= 11 is 12.7. The van der Waals surface area contributed by atoms with Gasteiger partial charge in [0.2, 0.25) is 0 Å². The van der Waals surface area contributed by atoms with Gasteiger partial charge in [0.05, 0.1) is 22.9 Å². The largest absolute Gasteiger partial charge is 0.462 e. The van der Waals surface area contributed by atoms with Crippen LogP contribution in [0.2, 0.25) is 10.2 Å². The van der Waals surface area contributed by atoms with Crippen LogP contribution in [-0.4, -0.2) is 28.5 Å². The Balaban J connectivity index is 1.92. The Morgan fingerprint density at radius 2 is 1.96 bits per heavy atom. The topological polar surface area (TPSA) is 81.2 Å². The summed E-state index contributed by atoms with van der Waals surface area (Å²) in [5, 5.41) is 3.19. The van der Waals surface area contributed by atoms with E-state index < -0.39 is 11.9 Å². The second-order valence-corrected chi connectivity index (χ2v) is 7.00. The highest BCUT2D eigenvalue weighted by atomic mass is 35.5. The molecule has 9 heteroatoms. The van der Waals surface area contributed by atoms with Crippen LogP contribution in [0.1, 0.15) is 27.0 Å². The molecule has 2 heterocycles. The summed E-state index contributed by atoms with van der Waals surface area (Å²) in [7, 11) is 0. The van der Waals surface area contributed by atoms with E-state index in [2.05, 4.69) is 15.3 Å². The minimum atomic E-state index is -0.495. The first kappa shape index (κ1) is 19.3. The number of carbonyl (C=O) groups is 2. The number of carbonyl (C=O) groups excluding carboxylic acids is 2. The molecule has 0 fully saturated rings. The molecule has 0 aliphatic rings. The van der Waals surface area contributed by atoms with Crippen LogP contribution in [0.4, 0.5) is 5.13 Å². The summed E-state index contributed by atoms with van der Waals surface area (Å²) in [5.41, 5.74) is 1.41. The van der Waals surface area contributed by atoms with Gasteiger partial charge in [0, 0.05) is 11.8 Å². The van der Waals surface area contributed by atoms with Crippen molar-refractivity contribution in [2.45, 2.75) is 6.92 Å². The number of nitrogens with one attached hydrogen (secondary N) is 1. The molecule has 3 rings (SSSR count). The number of pyridine rings is 1. The molecule has 0 spiro atoms. The van der Waals surface area contributed by atoms with Gasteiger partial charge >= 0.3 is 5.97 Å². The lowest BCUT2D eigenvalue weighted by Crippen LogP contribution is -2.12. The summed E-state index contributed by atoms with van der Waals surface area (Å²) in [5.74, 6) is -0.963. The van der Waals surface area contributed by atoms with E-state index in [1.807, 2.05) is 30.3 Å². The van der Waals surface area contributed by atoms with Crippen LogP contribution in [0.25, 0.3) is 11.3 Å². The molecule has 0 atom stereocenters. The minimum Gasteiger partial charge on any atom is -0.462 e. The van der Waals surface area contributed by atoms with Crippen molar-refractivity contribution in [1.29, 1.82) is 0 Å². The van der Waals surface area contributed by atoms with Gasteiger partial charge in [-0.15, -0.1) is 0 Å². The molecule has 0 unspecified atom stereocenters. The molecule has 138 valence electrons. The summed E-state index contributed by atoms with van der Waals surface area (Å²) < 4.78 is 5.10. The number of amides is 1. The van der Waals surface area contributed by atoms with E-state index in [4.69, 9.17) is 27.9 Å². The molecule has 0 radical (unpaired) electrons. The van der Waals surface area contributed by atoms with Crippen molar-refractivity contribution >= 4 is 51.5 Å². The van der Waals surface area contributed by atoms with E-state index >= 15 is 0 Å². The Bertz CT molecular complexity index is 993. The second kappa shape index (κ2) is 8.47. The molecule has 6 nitrogen and oxygen atoms in total. The third kappa shape index (κ3) is 4.44. The van der Waals surface area contributed by atoms with E-state index in [9.17, 15) is 9.59 Å². The predicted octanol–water partition coefficient (Wildman–Crippen LogP) is 4.94. The summed E-state index contributed by atoms with van der Waals surface area (Å²) in [4.78, 5) is 33.3. The average molecular weight is 422 g/mol. The second-order valence-electron chi connectivity index (χ2n) is 5.23. The maximum atomic E-state index is 12.4. The van der Waals surface area contributed by atoms with Gasteiger partial charge in [0.1, 0.15) is 10.0 Å². The number of thiazole rings is 1. The first-order valence-electron chi connectivity index (χ1n) is 7.85. The van der Waals surface area contributed by atoms with Crippen LogP contribution in [0, 0.1) is 0 Å². The SMILES string of the molecule is CCOC(=O)c1sc(NC(=O)c2cnc(Cl)c(Cl)c2)nc1-c1ccccc1. The first-order valence-corrected chi connectivity index (χ1v) is 9.42. The van der Waals surface area contributed by atoms with Crippen molar-refractivity contribution in [1.82, 2.24) is 9.97 Å². The minimum absolute atomic E-state index is 0.110. The molecular formula is C18H13Cl2N3O3S. The lowest BCUT2D eigenvalue weighted by molar-refractivity contribution is 0.0532. The first-order chi connectivity index (χ1) is 13.0. The fourth-order valence-corrected chi connectivity index (χ4v) is 3.36. The third-order valence-electron chi connectivity index (χ3n) is 3.41. The van der Waals surface area contributed by atoms with Crippen molar-refractivity contribution in [3.63, 3.8) is 0 Å². The molecule has 1 N–H and O–H groups in total. The molecule has 0 saturated carbocycles. The molecule has 1 amide bonds. The summed E-state index contributed by atoms with van der Waals surface area (Å²) in [6, 6.07) is 10.6. The number of nitrogens with zero attached hydrogens (tertiary/aromatic N) is 2. The standard InChI is InChI=1S/C18H13Cl2N3O3S/c1-2-26-17(25)14-13(10-6-4-3-5-7-10)22-18(27-14)23-16(24)11-8-12(19)15(20)21-9-11/h3-9H,2H2,1H3,(H,22,23,24). The zero-order valence-corrected chi connectivity index (χ0v) is 16.4. The van der Waals surface area contributed by atoms with E-state index in [-0.39, 0.29) is 27.5 Å². The lowest BCUT2D eigenvalue weighted by Gasteiger charge is -2.02. The molecule has 0 bridgehead atoms. The van der Waals surface area contributed by atoms with Gasteiger partial charge in [-0.2, -0.15) is 0 Å². The average Bonchev–Trinajstić information content (AvgIpc) is 3.09. The quantitative estimate of drug-likeness (QED) is 0.465. The highest BCUT2D eigenvalue weighted by Gasteiger charge is 2.22. The lowest BCUT2D eigenvalue weighted by atomic mass is 10.1. The van der Waals surface area contributed by atoms with Crippen molar-refractivity contribution in [2.75, 3.05) is 11.9 Å². The molecule has 0 aliphatic carbocycles. The normalized spacial score (nSPS) is 10.5. The zero-order valence-electron chi connectivity index (χ0n) is 14.0. The Hall–Kier alpha value is -2.48. The Kier molecular flexibility index (Phi) is 6.05. The van der Waals surface area contributed by atoms with Gasteiger partial charge in [0.15, 0.2) is 5.13 Å². The number of aromatic nitrogens is 2. The van der Waals surface area contributed by atoms with E-state index in [0.29, 0.717) is 10.6 Å². The van der Waals surface area contributed by atoms with Crippen LogP contribution in [0.15, 0.2) is 42.6 Å². The summed E-state index contributed by atoms with van der Waals surface area (Å²) in [6.45, 7) is 1.96. The van der Waals surface area contributed by atoms with E-state index in [1.54, 1.807) is 6.92 Å². The highest BCUT2D eigenvalue weighted by Crippen LogP contribution is 2.32. The fraction of sp³-hybridized carbons (Fsp3) is 0.111. The molecule has 1 aromatic carbocycles. The number of hydrogen-bond donors (Lipinski definition) is 1. The fourth-order valence-electron chi connectivity index (χ4n) is 2.21. The number of esters is 1. The molecule has 3 aromatic rings. The maximum absolute atomic E-state index is 12.4. The number of ether oxygens (including phenoxy) is 1. The number of anilines is 1. The molecular weight excluding hydrogens is 409 g/mol. The monoisotopic (exact) mass is 421 g/mol. The van der Waals surface area contributed by atoms with Gasteiger partial charge in [-0.05, 0) is 13.0 Å². The zero-order chi connectivity index (χ0) is 19.4. The van der Waals surface area contributed by atoms with Crippen LogP contribution in [0.5, 0.6) is 0 Å². The Morgan fingerprint density at radius 3 is 2.63 bits per heavy atom. The van der Waals surface area contributed by atoms with E-state index in [0.717, 1.165) is 16.9 Å². The van der Waals surface area contributed by atoms with Crippen molar-refractivity contribution in [2.24, 2.45) is 0 Å². The Morgan fingerprint density at radius 1 is 1.22 bits per heavy atom. The third-order valence-corrected chi connectivity index (χ3v) is 5.05. The number of hydrogen-bond acceptors (Lipinski definition) is 6. The van der Waals surface area contributed by atoms with Crippen LogP contribution in [0.3, 0.4) is 0 Å².